The van der Waals surface area contributed by atoms with E-state index >= 15 is 0 Å². The molecule has 3 N–H and O–H groups in total. The van der Waals surface area contributed by atoms with Crippen LogP contribution in [0.4, 0.5) is 0 Å². The van der Waals surface area contributed by atoms with Gasteiger partial charge in [0.15, 0.2) is 5.84 Å². The fourth-order valence-corrected chi connectivity index (χ4v) is 1.59. The summed E-state index contributed by atoms with van der Waals surface area (Å²) in [6.45, 7) is 1.93. The number of aryl methyl sites for hydroxylation is 1. The molecule has 0 radical (unpaired) electrons. The molecule has 2 aromatic rings. The molecule has 1 aromatic carbocycles. The standard InChI is InChI=1S/C11H11N3O/c1-7-8-4-2-3-5-10(8)13-6-9(7)11(12)14-15/h2-6,15H,1H3,(H2,12,14). The zero-order chi connectivity index (χ0) is 10.8. The van der Waals surface area contributed by atoms with Crippen molar-refractivity contribution in [1.29, 1.82) is 0 Å². The molecule has 0 amide bonds. The van der Waals surface area contributed by atoms with E-state index < -0.39 is 0 Å². The maximum atomic E-state index is 8.62. The lowest BCUT2D eigenvalue weighted by Gasteiger charge is -2.06. The molecule has 15 heavy (non-hydrogen) atoms. The molecule has 4 heteroatoms. The average Bonchev–Trinajstić information content (AvgIpc) is 2.29. The van der Waals surface area contributed by atoms with E-state index in [-0.39, 0.29) is 5.84 Å². The summed E-state index contributed by atoms with van der Waals surface area (Å²) in [6, 6.07) is 7.76. The van der Waals surface area contributed by atoms with Gasteiger partial charge in [-0.25, -0.2) is 0 Å². The molecule has 0 aliphatic carbocycles. The summed E-state index contributed by atoms with van der Waals surface area (Å²) in [7, 11) is 0. The second kappa shape index (κ2) is 3.57. The first-order valence-electron chi connectivity index (χ1n) is 4.56. The maximum Gasteiger partial charge on any atom is 0.171 e. The number of oxime groups is 1. The highest BCUT2D eigenvalue weighted by Gasteiger charge is 2.07. The van der Waals surface area contributed by atoms with Crippen molar-refractivity contribution >= 4 is 16.7 Å². The SMILES string of the molecule is Cc1c(/C(N)=N/O)cnc2ccccc12. The number of rotatable bonds is 1. The zero-order valence-electron chi connectivity index (χ0n) is 8.31. The van der Waals surface area contributed by atoms with E-state index in [1.54, 1.807) is 6.20 Å². The van der Waals surface area contributed by atoms with Crippen molar-refractivity contribution in [3.63, 3.8) is 0 Å². The number of benzene rings is 1. The summed E-state index contributed by atoms with van der Waals surface area (Å²) < 4.78 is 0. The minimum absolute atomic E-state index is 0.0887. The summed E-state index contributed by atoms with van der Waals surface area (Å²) in [4.78, 5) is 4.24. The fraction of sp³-hybridized carbons (Fsp3) is 0.0909. The molecule has 2 rings (SSSR count). The Morgan fingerprint density at radius 2 is 2.13 bits per heavy atom. The van der Waals surface area contributed by atoms with Gasteiger partial charge in [0.25, 0.3) is 0 Å². The van der Waals surface area contributed by atoms with Crippen molar-refractivity contribution in [3.8, 4) is 0 Å². The Labute approximate surface area is 87.0 Å². The van der Waals surface area contributed by atoms with E-state index in [0.29, 0.717) is 5.56 Å². The van der Waals surface area contributed by atoms with Gasteiger partial charge in [-0.15, -0.1) is 0 Å². The normalized spacial score (nSPS) is 11.9. The van der Waals surface area contributed by atoms with Crippen molar-refractivity contribution in [2.24, 2.45) is 10.9 Å². The van der Waals surface area contributed by atoms with Gasteiger partial charge >= 0.3 is 0 Å². The average molecular weight is 201 g/mol. The van der Waals surface area contributed by atoms with Crippen LogP contribution in [0.15, 0.2) is 35.6 Å². The van der Waals surface area contributed by atoms with E-state index in [1.165, 1.54) is 0 Å². The molecule has 1 aromatic heterocycles. The molecule has 76 valence electrons. The molecule has 4 nitrogen and oxygen atoms in total. The van der Waals surface area contributed by atoms with Crippen LogP contribution in [0.25, 0.3) is 10.9 Å². The summed E-state index contributed by atoms with van der Waals surface area (Å²) in [5.74, 6) is 0.0887. The lowest BCUT2D eigenvalue weighted by Crippen LogP contribution is -2.15. The van der Waals surface area contributed by atoms with Gasteiger partial charge in [0.1, 0.15) is 0 Å². The molecule has 0 saturated heterocycles. The molecule has 0 aliphatic heterocycles. The maximum absolute atomic E-state index is 8.62. The van der Waals surface area contributed by atoms with Crippen LogP contribution < -0.4 is 5.73 Å². The second-order valence-corrected chi connectivity index (χ2v) is 3.30. The van der Waals surface area contributed by atoms with Crippen LogP contribution in [0.3, 0.4) is 0 Å². The van der Waals surface area contributed by atoms with Gasteiger partial charge in [-0.3, -0.25) is 4.98 Å². The van der Waals surface area contributed by atoms with Crippen molar-refractivity contribution in [3.05, 3.63) is 41.6 Å². The molecule has 0 atom stereocenters. The smallest absolute Gasteiger partial charge is 0.171 e. The first-order valence-corrected chi connectivity index (χ1v) is 4.56. The summed E-state index contributed by atoms with van der Waals surface area (Å²) >= 11 is 0. The Kier molecular flexibility index (Phi) is 2.25. The summed E-state index contributed by atoms with van der Waals surface area (Å²) in [6.07, 6.45) is 1.62. The first kappa shape index (κ1) is 9.45. The Balaban J connectivity index is 2.76. The lowest BCUT2D eigenvalue weighted by atomic mass is 10.0. The minimum atomic E-state index is 0.0887. The summed E-state index contributed by atoms with van der Waals surface area (Å²) in [5.41, 5.74) is 8.08. The van der Waals surface area contributed by atoms with Gasteiger partial charge in [-0.1, -0.05) is 23.4 Å². The second-order valence-electron chi connectivity index (χ2n) is 3.30. The third-order valence-corrected chi connectivity index (χ3v) is 2.43. The van der Waals surface area contributed by atoms with Crippen molar-refractivity contribution in [2.45, 2.75) is 6.92 Å². The highest BCUT2D eigenvalue weighted by atomic mass is 16.4. The van der Waals surface area contributed by atoms with Gasteiger partial charge in [0.05, 0.1) is 5.52 Å². The fourth-order valence-electron chi connectivity index (χ4n) is 1.59. The van der Waals surface area contributed by atoms with Gasteiger partial charge in [-0.2, -0.15) is 0 Å². The number of hydrogen-bond donors (Lipinski definition) is 2. The van der Waals surface area contributed by atoms with Crippen molar-refractivity contribution in [2.75, 3.05) is 0 Å². The van der Waals surface area contributed by atoms with Gasteiger partial charge in [0, 0.05) is 17.1 Å². The van der Waals surface area contributed by atoms with E-state index in [1.807, 2.05) is 31.2 Å². The number of nitrogens with zero attached hydrogens (tertiary/aromatic N) is 2. The Bertz CT molecular complexity index is 534. The minimum Gasteiger partial charge on any atom is -0.409 e. The van der Waals surface area contributed by atoms with Crippen molar-refractivity contribution in [1.82, 2.24) is 4.98 Å². The van der Waals surface area contributed by atoms with Crippen LogP contribution in [0.5, 0.6) is 0 Å². The monoisotopic (exact) mass is 201 g/mol. The number of aromatic nitrogens is 1. The predicted molar refractivity (Wildman–Crippen MR) is 59.0 cm³/mol. The van der Waals surface area contributed by atoms with Crippen LogP contribution in [0.1, 0.15) is 11.1 Å². The highest BCUT2D eigenvalue weighted by Crippen LogP contribution is 2.18. The third kappa shape index (κ3) is 1.50. The molecular weight excluding hydrogens is 190 g/mol. The van der Waals surface area contributed by atoms with Crippen LogP contribution in [-0.2, 0) is 0 Å². The van der Waals surface area contributed by atoms with Gasteiger partial charge in [0.2, 0.25) is 0 Å². The Hall–Kier alpha value is -2.10. The predicted octanol–water partition coefficient (Wildman–Crippen LogP) is 1.64. The summed E-state index contributed by atoms with van der Waals surface area (Å²) in [5, 5.41) is 12.6. The van der Waals surface area contributed by atoms with Crippen molar-refractivity contribution < 1.29 is 5.21 Å². The van der Waals surface area contributed by atoms with E-state index in [2.05, 4.69) is 10.1 Å². The quantitative estimate of drug-likeness (QED) is 0.319. The highest BCUT2D eigenvalue weighted by molar-refractivity contribution is 6.01. The van der Waals surface area contributed by atoms with E-state index in [9.17, 15) is 0 Å². The molecule has 0 aliphatic rings. The Morgan fingerprint density at radius 3 is 2.87 bits per heavy atom. The van der Waals surface area contributed by atoms with Crippen LogP contribution in [0, 0.1) is 6.92 Å². The molecule has 1 heterocycles. The van der Waals surface area contributed by atoms with E-state index in [0.717, 1.165) is 16.5 Å². The van der Waals surface area contributed by atoms with Crippen LogP contribution >= 0.6 is 0 Å². The van der Waals surface area contributed by atoms with Crippen LogP contribution in [0.2, 0.25) is 0 Å². The number of fused-ring (bicyclic) bond motifs is 1. The third-order valence-electron chi connectivity index (χ3n) is 2.43. The molecule has 0 fully saturated rings. The molecule has 0 bridgehead atoms. The van der Waals surface area contributed by atoms with E-state index in [4.69, 9.17) is 10.9 Å². The number of pyridine rings is 1. The largest absolute Gasteiger partial charge is 0.409 e. The van der Waals surface area contributed by atoms with Gasteiger partial charge < -0.3 is 10.9 Å². The first-order chi connectivity index (χ1) is 7.24. The zero-order valence-corrected chi connectivity index (χ0v) is 8.31. The molecule has 0 saturated carbocycles. The molecule has 0 spiro atoms. The number of amidine groups is 1. The molecular formula is C11H11N3O. The number of hydrogen-bond acceptors (Lipinski definition) is 3. The van der Waals surface area contributed by atoms with Gasteiger partial charge in [-0.05, 0) is 18.6 Å². The topological polar surface area (TPSA) is 71.5 Å². The number of para-hydroxylation sites is 1. The lowest BCUT2D eigenvalue weighted by molar-refractivity contribution is 0.318. The molecule has 0 unspecified atom stereocenters. The Morgan fingerprint density at radius 1 is 1.40 bits per heavy atom. The number of nitrogens with two attached hydrogens (primary N) is 1. The van der Waals surface area contributed by atoms with Crippen LogP contribution in [-0.4, -0.2) is 16.0 Å².